The third kappa shape index (κ3) is 1.83. The smallest absolute Gasteiger partial charge is 0.224 e. The highest BCUT2D eigenvalue weighted by Crippen LogP contribution is 2.18. The van der Waals surface area contributed by atoms with Crippen LogP contribution in [-0.2, 0) is 0 Å². The maximum atomic E-state index is 13.2. The highest BCUT2D eigenvalue weighted by atomic mass is 32.1. The van der Waals surface area contributed by atoms with Crippen LogP contribution in [0.2, 0.25) is 0 Å². The summed E-state index contributed by atoms with van der Waals surface area (Å²) in [6.07, 6.45) is 1.37. The summed E-state index contributed by atoms with van der Waals surface area (Å²) in [7, 11) is 0. The lowest BCUT2D eigenvalue weighted by Crippen LogP contribution is -2.05. The number of nitrogens with zero attached hydrogens (tertiary/aromatic N) is 1. The third-order valence-electron chi connectivity index (χ3n) is 1.88. The van der Waals surface area contributed by atoms with Crippen molar-refractivity contribution in [2.24, 2.45) is 0 Å². The topological polar surface area (TPSA) is 30.0 Å². The molecule has 0 saturated carbocycles. The summed E-state index contributed by atoms with van der Waals surface area (Å²) in [5.74, 6) is -4.44. The van der Waals surface area contributed by atoms with Crippen molar-refractivity contribution in [2.45, 2.75) is 0 Å². The first-order valence-corrected chi connectivity index (χ1v) is 5.06. The van der Waals surface area contributed by atoms with Crippen molar-refractivity contribution >= 4 is 17.1 Å². The Bertz CT molecular complexity index is 539. The second kappa shape index (κ2) is 4.05. The van der Waals surface area contributed by atoms with Crippen LogP contribution in [0.15, 0.2) is 23.7 Å². The second-order valence-electron chi connectivity index (χ2n) is 2.91. The molecule has 0 unspecified atom stereocenters. The van der Waals surface area contributed by atoms with Gasteiger partial charge in [-0.15, -0.1) is 11.3 Å². The second-order valence-corrected chi connectivity index (χ2v) is 3.81. The Hall–Kier alpha value is -1.69. The van der Waals surface area contributed by atoms with E-state index in [2.05, 4.69) is 4.98 Å². The lowest BCUT2D eigenvalue weighted by Gasteiger charge is -2.00. The van der Waals surface area contributed by atoms with Gasteiger partial charge in [-0.1, -0.05) is 0 Å². The number of halogens is 3. The predicted octanol–water partition coefficient (Wildman–Crippen LogP) is 2.79. The van der Waals surface area contributed by atoms with Crippen molar-refractivity contribution in [1.82, 2.24) is 4.98 Å². The van der Waals surface area contributed by atoms with E-state index in [1.807, 2.05) is 0 Å². The number of hydrogen-bond donors (Lipinski definition) is 0. The molecular weight excluding hydrogens is 239 g/mol. The van der Waals surface area contributed by atoms with E-state index in [-0.39, 0.29) is 5.01 Å². The average molecular weight is 243 g/mol. The zero-order valence-corrected chi connectivity index (χ0v) is 8.52. The fourth-order valence-corrected chi connectivity index (χ4v) is 1.74. The van der Waals surface area contributed by atoms with E-state index in [0.29, 0.717) is 12.1 Å². The van der Waals surface area contributed by atoms with Crippen molar-refractivity contribution in [2.75, 3.05) is 0 Å². The molecule has 0 fully saturated rings. The molecule has 0 aliphatic carbocycles. The molecule has 0 saturated heterocycles. The molecule has 0 aliphatic heterocycles. The van der Waals surface area contributed by atoms with Crippen molar-refractivity contribution in [3.8, 4) is 0 Å². The van der Waals surface area contributed by atoms with Gasteiger partial charge in [0.2, 0.25) is 5.78 Å². The Morgan fingerprint density at radius 3 is 2.44 bits per heavy atom. The van der Waals surface area contributed by atoms with Crippen molar-refractivity contribution in [3.63, 3.8) is 0 Å². The quantitative estimate of drug-likeness (QED) is 0.599. The highest BCUT2D eigenvalue weighted by Gasteiger charge is 2.19. The van der Waals surface area contributed by atoms with Crippen LogP contribution in [0.25, 0.3) is 0 Å². The lowest BCUT2D eigenvalue weighted by molar-refractivity contribution is 0.103. The molecule has 0 spiro atoms. The van der Waals surface area contributed by atoms with Gasteiger partial charge in [0, 0.05) is 17.6 Å². The summed E-state index contributed by atoms with van der Waals surface area (Å²) in [5, 5.41) is 1.57. The molecule has 0 aliphatic rings. The van der Waals surface area contributed by atoms with E-state index in [9.17, 15) is 18.0 Å². The van der Waals surface area contributed by atoms with Crippen LogP contribution >= 0.6 is 11.3 Å². The molecule has 1 heterocycles. The normalized spacial score (nSPS) is 10.4. The molecular formula is C10H4F3NOS. The van der Waals surface area contributed by atoms with Gasteiger partial charge in [-0.05, 0) is 6.07 Å². The number of ketones is 1. The standard InChI is InChI=1S/C10H4F3NOS/c11-6-4-8(13)7(12)3-5(6)9(15)10-14-1-2-16-10/h1-4H. The summed E-state index contributed by atoms with van der Waals surface area (Å²) < 4.78 is 38.7. The van der Waals surface area contributed by atoms with Crippen molar-refractivity contribution in [1.29, 1.82) is 0 Å². The highest BCUT2D eigenvalue weighted by molar-refractivity contribution is 7.11. The Morgan fingerprint density at radius 2 is 1.81 bits per heavy atom. The first kappa shape index (κ1) is 10.8. The van der Waals surface area contributed by atoms with E-state index in [0.717, 1.165) is 11.3 Å². The van der Waals surface area contributed by atoms with Gasteiger partial charge in [0.25, 0.3) is 0 Å². The first-order chi connectivity index (χ1) is 7.59. The number of carbonyl (C=O) groups excluding carboxylic acids is 1. The van der Waals surface area contributed by atoms with Crippen LogP contribution in [0, 0.1) is 17.5 Å². The number of thiazole rings is 1. The van der Waals surface area contributed by atoms with E-state index in [1.54, 1.807) is 0 Å². The van der Waals surface area contributed by atoms with Gasteiger partial charge in [0.1, 0.15) is 5.82 Å². The molecule has 2 nitrogen and oxygen atoms in total. The minimum atomic E-state index is -1.33. The van der Waals surface area contributed by atoms with Gasteiger partial charge in [0.05, 0.1) is 5.56 Å². The number of rotatable bonds is 2. The molecule has 0 atom stereocenters. The number of benzene rings is 1. The molecule has 0 amide bonds. The average Bonchev–Trinajstić information content (AvgIpc) is 2.75. The van der Waals surface area contributed by atoms with E-state index in [1.165, 1.54) is 11.6 Å². The van der Waals surface area contributed by atoms with Gasteiger partial charge in [-0.3, -0.25) is 4.79 Å². The molecule has 0 radical (unpaired) electrons. The Labute approximate surface area is 92.4 Å². The molecule has 6 heteroatoms. The number of hydrogen-bond acceptors (Lipinski definition) is 3. The van der Waals surface area contributed by atoms with Crippen LogP contribution in [0.4, 0.5) is 13.2 Å². The Kier molecular flexibility index (Phi) is 2.74. The SMILES string of the molecule is O=C(c1nccs1)c1cc(F)c(F)cc1F. The number of carbonyl (C=O) groups is 1. The largest absolute Gasteiger partial charge is 0.286 e. The van der Waals surface area contributed by atoms with E-state index >= 15 is 0 Å². The molecule has 0 N–H and O–H groups in total. The third-order valence-corrected chi connectivity index (χ3v) is 2.65. The minimum absolute atomic E-state index is 0.0323. The summed E-state index contributed by atoms with van der Waals surface area (Å²) in [5.41, 5.74) is -0.520. The van der Waals surface area contributed by atoms with Gasteiger partial charge in [-0.25, -0.2) is 18.2 Å². The van der Waals surface area contributed by atoms with Crippen molar-refractivity contribution < 1.29 is 18.0 Å². The van der Waals surface area contributed by atoms with Crippen LogP contribution in [0.1, 0.15) is 15.4 Å². The zero-order chi connectivity index (χ0) is 11.7. The van der Waals surface area contributed by atoms with Crippen LogP contribution in [-0.4, -0.2) is 10.8 Å². The first-order valence-electron chi connectivity index (χ1n) is 4.18. The number of aromatic nitrogens is 1. The van der Waals surface area contributed by atoms with E-state index in [4.69, 9.17) is 0 Å². The van der Waals surface area contributed by atoms with Gasteiger partial charge < -0.3 is 0 Å². The summed E-state index contributed by atoms with van der Waals surface area (Å²) in [6.45, 7) is 0. The molecule has 1 aromatic heterocycles. The fraction of sp³-hybridized carbons (Fsp3) is 0. The van der Waals surface area contributed by atoms with E-state index < -0.39 is 28.8 Å². The molecule has 0 bridgehead atoms. The monoisotopic (exact) mass is 243 g/mol. The molecule has 1 aromatic carbocycles. The summed E-state index contributed by atoms with van der Waals surface area (Å²) in [6, 6.07) is 0.880. The fourth-order valence-electron chi connectivity index (χ4n) is 1.15. The van der Waals surface area contributed by atoms with Gasteiger partial charge in [-0.2, -0.15) is 0 Å². The molecule has 16 heavy (non-hydrogen) atoms. The maximum Gasteiger partial charge on any atom is 0.224 e. The molecule has 82 valence electrons. The minimum Gasteiger partial charge on any atom is -0.286 e. The summed E-state index contributed by atoms with van der Waals surface area (Å²) >= 11 is 1.00. The van der Waals surface area contributed by atoms with Crippen molar-refractivity contribution in [3.05, 3.63) is 51.7 Å². The van der Waals surface area contributed by atoms with Crippen LogP contribution < -0.4 is 0 Å². The lowest BCUT2D eigenvalue weighted by atomic mass is 10.1. The summed E-state index contributed by atoms with van der Waals surface area (Å²) in [4.78, 5) is 15.3. The molecule has 2 aromatic rings. The Morgan fingerprint density at radius 1 is 1.12 bits per heavy atom. The van der Waals surface area contributed by atoms with Crippen LogP contribution in [0.3, 0.4) is 0 Å². The maximum absolute atomic E-state index is 13.2. The Balaban J connectivity index is 2.49. The van der Waals surface area contributed by atoms with Crippen LogP contribution in [0.5, 0.6) is 0 Å². The zero-order valence-electron chi connectivity index (χ0n) is 7.71. The molecule has 2 rings (SSSR count). The van der Waals surface area contributed by atoms with Gasteiger partial charge in [0.15, 0.2) is 16.6 Å². The predicted molar refractivity (Wildman–Crippen MR) is 51.9 cm³/mol. The van der Waals surface area contributed by atoms with Gasteiger partial charge >= 0.3 is 0 Å².